The van der Waals surface area contributed by atoms with E-state index in [4.69, 9.17) is 4.74 Å². The van der Waals surface area contributed by atoms with E-state index in [0.29, 0.717) is 12.0 Å². The highest BCUT2D eigenvalue weighted by Crippen LogP contribution is 2.35. The molecule has 27 heavy (non-hydrogen) atoms. The van der Waals surface area contributed by atoms with Crippen molar-refractivity contribution in [3.05, 3.63) is 47.5 Å². The summed E-state index contributed by atoms with van der Waals surface area (Å²) in [6, 6.07) is 9.03. The molecule has 0 N–H and O–H groups in total. The lowest BCUT2D eigenvalue weighted by molar-refractivity contribution is -0.00537. The Morgan fingerprint density at radius 2 is 1.56 bits per heavy atom. The lowest BCUT2D eigenvalue weighted by Crippen LogP contribution is -2.20. The van der Waals surface area contributed by atoms with Gasteiger partial charge in [-0.3, -0.25) is 0 Å². The average molecular weight is 369 g/mol. The predicted octanol–water partition coefficient (Wildman–Crippen LogP) is 7.66. The zero-order valence-electron chi connectivity index (χ0n) is 17.7. The number of benzene rings is 1. The molecule has 1 aromatic rings. The second kappa shape index (κ2) is 11.1. The second-order valence-electron chi connectivity index (χ2n) is 8.92. The van der Waals surface area contributed by atoms with Gasteiger partial charge >= 0.3 is 0 Å². The number of hydrogen-bond donors (Lipinski definition) is 0. The van der Waals surface area contributed by atoms with Crippen molar-refractivity contribution in [2.24, 2.45) is 17.8 Å². The van der Waals surface area contributed by atoms with Gasteiger partial charge in [-0.1, -0.05) is 75.9 Å². The maximum Gasteiger partial charge on any atom is 0.0825 e. The number of rotatable bonds is 8. The summed E-state index contributed by atoms with van der Waals surface area (Å²) in [5.41, 5.74) is 2.77. The largest absolute Gasteiger partial charge is 0.373 e. The molecule has 1 heterocycles. The van der Waals surface area contributed by atoms with Gasteiger partial charge in [0, 0.05) is 5.92 Å². The predicted molar refractivity (Wildman–Crippen MR) is 116 cm³/mol. The fourth-order valence-corrected chi connectivity index (χ4v) is 4.82. The molecule has 1 aliphatic heterocycles. The highest BCUT2D eigenvalue weighted by Gasteiger charge is 2.23. The molecular weight excluding hydrogens is 328 g/mol. The quantitative estimate of drug-likeness (QED) is 0.338. The molecule has 1 heteroatoms. The maximum absolute atomic E-state index is 6.21. The third kappa shape index (κ3) is 6.49. The van der Waals surface area contributed by atoms with E-state index < -0.39 is 0 Å². The molecule has 3 rings (SSSR count). The molecule has 1 aromatic carbocycles. The van der Waals surface area contributed by atoms with Crippen LogP contribution in [0.2, 0.25) is 0 Å². The minimum atomic E-state index is 0.305. The van der Waals surface area contributed by atoms with Crippen LogP contribution >= 0.6 is 0 Å². The molecule has 0 aromatic heterocycles. The Balaban J connectivity index is 1.36. The maximum atomic E-state index is 6.21. The highest BCUT2D eigenvalue weighted by atomic mass is 16.5. The summed E-state index contributed by atoms with van der Waals surface area (Å²) in [5, 5.41) is 0. The Morgan fingerprint density at radius 3 is 2.19 bits per heavy atom. The molecule has 1 nitrogen and oxygen atoms in total. The fraction of sp³-hybridized carbons (Fsp3) is 0.692. The van der Waals surface area contributed by atoms with Crippen molar-refractivity contribution in [1.82, 2.24) is 0 Å². The Kier molecular flexibility index (Phi) is 8.45. The molecular formula is C26H40O. The van der Waals surface area contributed by atoms with Gasteiger partial charge in [0.25, 0.3) is 0 Å². The molecule has 0 spiro atoms. The van der Waals surface area contributed by atoms with Crippen LogP contribution in [0.4, 0.5) is 0 Å². The van der Waals surface area contributed by atoms with Crippen LogP contribution in [-0.2, 0) is 11.2 Å². The highest BCUT2D eigenvalue weighted by molar-refractivity contribution is 5.24. The number of allylic oxidation sites excluding steroid dienone is 1. The molecule has 0 bridgehead atoms. The smallest absolute Gasteiger partial charge is 0.0825 e. The van der Waals surface area contributed by atoms with E-state index >= 15 is 0 Å². The van der Waals surface area contributed by atoms with Crippen LogP contribution in [0.5, 0.6) is 0 Å². The Bertz CT molecular complexity index is 542. The van der Waals surface area contributed by atoms with Crippen molar-refractivity contribution in [3.8, 4) is 0 Å². The molecule has 1 saturated heterocycles. The first-order chi connectivity index (χ1) is 13.3. The van der Waals surface area contributed by atoms with Crippen LogP contribution in [-0.4, -0.2) is 6.61 Å². The Hall–Kier alpha value is -1.08. The van der Waals surface area contributed by atoms with Crippen LogP contribution < -0.4 is 0 Å². The first-order valence-corrected chi connectivity index (χ1v) is 11.7. The van der Waals surface area contributed by atoms with E-state index in [1.165, 1.54) is 68.9 Å². The van der Waals surface area contributed by atoms with E-state index in [1.807, 2.05) is 0 Å². The zero-order valence-corrected chi connectivity index (χ0v) is 17.7. The molecule has 0 amide bonds. The van der Waals surface area contributed by atoms with Crippen molar-refractivity contribution in [2.75, 3.05) is 6.61 Å². The van der Waals surface area contributed by atoms with Crippen molar-refractivity contribution >= 4 is 0 Å². The molecule has 150 valence electrons. The monoisotopic (exact) mass is 368 g/mol. The molecule has 2 atom stereocenters. The minimum Gasteiger partial charge on any atom is -0.373 e. The van der Waals surface area contributed by atoms with Crippen molar-refractivity contribution < 1.29 is 4.74 Å². The number of aryl methyl sites for hydroxylation is 1. The van der Waals surface area contributed by atoms with Gasteiger partial charge in [0.15, 0.2) is 0 Å². The summed E-state index contributed by atoms with van der Waals surface area (Å²) in [5.74, 6) is 2.46. The average Bonchev–Trinajstić information content (AvgIpc) is 2.74. The third-order valence-corrected chi connectivity index (χ3v) is 6.83. The molecule has 1 saturated carbocycles. The summed E-state index contributed by atoms with van der Waals surface area (Å²) in [4.78, 5) is 0. The van der Waals surface area contributed by atoms with Gasteiger partial charge in [0.2, 0.25) is 0 Å². The van der Waals surface area contributed by atoms with Crippen LogP contribution in [0.15, 0.2) is 36.4 Å². The first-order valence-electron chi connectivity index (χ1n) is 11.7. The summed E-state index contributed by atoms with van der Waals surface area (Å²) >= 11 is 0. The van der Waals surface area contributed by atoms with Crippen LogP contribution in [0.25, 0.3) is 0 Å². The van der Waals surface area contributed by atoms with E-state index in [1.54, 1.807) is 0 Å². The standard InChI is InChI=1S/C26H40O/c1-3-5-6-7-22-8-10-23(11-9-22)12-13-24-16-19-26(27-20-24)25-17-14-21(4-2)15-18-25/h12-15,17-18,22-24,26H,3-11,16,19-20H2,1-2H3/b13-12+. The van der Waals surface area contributed by atoms with Crippen LogP contribution in [0, 0.1) is 17.8 Å². The number of ether oxygens (including phenoxy) is 1. The van der Waals surface area contributed by atoms with Crippen LogP contribution in [0.1, 0.15) is 95.3 Å². The summed E-state index contributed by atoms with van der Waals surface area (Å²) in [6.45, 7) is 5.41. The van der Waals surface area contributed by atoms with Gasteiger partial charge < -0.3 is 4.74 Å². The number of unbranched alkanes of at least 4 members (excludes halogenated alkanes) is 2. The van der Waals surface area contributed by atoms with Gasteiger partial charge in [0.05, 0.1) is 12.7 Å². The lowest BCUT2D eigenvalue weighted by atomic mass is 9.79. The van der Waals surface area contributed by atoms with E-state index in [9.17, 15) is 0 Å². The molecule has 0 radical (unpaired) electrons. The summed E-state index contributed by atoms with van der Waals surface area (Å²) < 4.78 is 6.21. The normalized spacial score (nSPS) is 29.3. The van der Waals surface area contributed by atoms with Gasteiger partial charge in [-0.2, -0.15) is 0 Å². The van der Waals surface area contributed by atoms with Gasteiger partial charge in [-0.25, -0.2) is 0 Å². The SMILES string of the molecule is CCCCCC1CCC(/C=C/C2CCC(c3ccc(CC)cc3)OC2)CC1. The molecule has 1 aliphatic carbocycles. The second-order valence-corrected chi connectivity index (χ2v) is 8.92. The van der Waals surface area contributed by atoms with Gasteiger partial charge in [-0.15, -0.1) is 0 Å². The van der Waals surface area contributed by atoms with E-state index in [2.05, 4.69) is 50.3 Å². The van der Waals surface area contributed by atoms with Gasteiger partial charge in [0.1, 0.15) is 0 Å². The zero-order chi connectivity index (χ0) is 18.9. The fourth-order valence-electron chi connectivity index (χ4n) is 4.82. The van der Waals surface area contributed by atoms with Crippen molar-refractivity contribution in [3.63, 3.8) is 0 Å². The molecule has 2 unspecified atom stereocenters. The minimum absolute atomic E-state index is 0.305. The Morgan fingerprint density at radius 1 is 0.852 bits per heavy atom. The molecule has 2 aliphatic rings. The van der Waals surface area contributed by atoms with Crippen molar-refractivity contribution in [1.29, 1.82) is 0 Å². The summed E-state index contributed by atoms with van der Waals surface area (Å²) in [7, 11) is 0. The van der Waals surface area contributed by atoms with E-state index in [0.717, 1.165) is 31.3 Å². The van der Waals surface area contributed by atoms with Crippen molar-refractivity contribution in [2.45, 2.75) is 90.6 Å². The van der Waals surface area contributed by atoms with Crippen LogP contribution in [0.3, 0.4) is 0 Å². The summed E-state index contributed by atoms with van der Waals surface area (Å²) in [6.07, 6.45) is 20.3. The lowest BCUT2D eigenvalue weighted by Gasteiger charge is -2.29. The number of hydrogen-bond acceptors (Lipinski definition) is 1. The van der Waals surface area contributed by atoms with E-state index in [-0.39, 0.29) is 0 Å². The van der Waals surface area contributed by atoms with Gasteiger partial charge in [-0.05, 0) is 67.9 Å². The first kappa shape index (κ1) is 20.6. The molecule has 2 fully saturated rings. The topological polar surface area (TPSA) is 9.23 Å². The Labute approximate surface area is 167 Å². The third-order valence-electron chi connectivity index (χ3n) is 6.83.